The van der Waals surface area contributed by atoms with E-state index in [0.717, 1.165) is 17.7 Å². The van der Waals surface area contributed by atoms with Crippen LogP contribution < -0.4 is 0 Å². The van der Waals surface area contributed by atoms with E-state index >= 15 is 0 Å². The Labute approximate surface area is 106 Å². The summed E-state index contributed by atoms with van der Waals surface area (Å²) >= 11 is 0. The van der Waals surface area contributed by atoms with Crippen molar-refractivity contribution in [1.29, 1.82) is 0 Å². The topological polar surface area (TPSA) is 55.1 Å². The summed E-state index contributed by atoms with van der Waals surface area (Å²) in [5.41, 5.74) is 3.61. The lowest BCUT2D eigenvalue weighted by Gasteiger charge is -2.09. The molecule has 94 valence electrons. The third kappa shape index (κ3) is 1.90. The van der Waals surface area contributed by atoms with E-state index in [2.05, 4.69) is 12.0 Å². The molecule has 0 spiro atoms. The Morgan fingerprint density at radius 2 is 2.00 bits per heavy atom. The highest BCUT2D eigenvalue weighted by Gasteiger charge is 2.19. The van der Waals surface area contributed by atoms with Gasteiger partial charge in [0.15, 0.2) is 0 Å². The molecule has 2 rings (SSSR count). The molecule has 0 atom stereocenters. The summed E-state index contributed by atoms with van der Waals surface area (Å²) in [4.78, 5) is 11.2. The summed E-state index contributed by atoms with van der Waals surface area (Å²) in [5, 5.41) is 13.5. The number of carboxylic acid groups (broad SMARTS) is 1. The minimum Gasteiger partial charge on any atom is -0.478 e. The number of hydrogen-bond donors (Lipinski definition) is 1. The van der Waals surface area contributed by atoms with Gasteiger partial charge in [-0.15, -0.1) is 0 Å². The van der Waals surface area contributed by atoms with Crippen LogP contribution in [-0.4, -0.2) is 20.9 Å². The number of aryl methyl sites for hydroxylation is 2. The van der Waals surface area contributed by atoms with Crippen LogP contribution in [0.3, 0.4) is 0 Å². The smallest absolute Gasteiger partial charge is 0.339 e. The van der Waals surface area contributed by atoms with Crippen molar-refractivity contribution >= 4 is 5.97 Å². The summed E-state index contributed by atoms with van der Waals surface area (Å²) in [7, 11) is 0. The van der Waals surface area contributed by atoms with Gasteiger partial charge in [-0.05, 0) is 31.9 Å². The minimum absolute atomic E-state index is 0.293. The molecule has 0 amide bonds. The average Bonchev–Trinajstić information content (AvgIpc) is 2.64. The van der Waals surface area contributed by atoms with E-state index in [4.69, 9.17) is 0 Å². The molecule has 0 saturated heterocycles. The number of nitrogens with zero attached hydrogens (tertiary/aromatic N) is 2. The molecule has 0 bridgehead atoms. The number of rotatable bonds is 3. The van der Waals surface area contributed by atoms with Crippen LogP contribution in [0.1, 0.15) is 34.2 Å². The minimum atomic E-state index is -0.926. The van der Waals surface area contributed by atoms with Gasteiger partial charge >= 0.3 is 5.97 Å². The van der Waals surface area contributed by atoms with Crippen LogP contribution in [-0.2, 0) is 6.42 Å². The van der Waals surface area contributed by atoms with Gasteiger partial charge in [-0.3, -0.25) is 0 Å². The maximum Gasteiger partial charge on any atom is 0.339 e. The summed E-state index contributed by atoms with van der Waals surface area (Å²) in [6.07, 6.45) is 0.886. The molecule has 4 nitrogen and oxygen atoms in total. The van der Waals surface area contributed by atoms with Crippen molar-refractivity contribution in [3.63, 3.8) is 0 Å². The highest BCUT2D eigenvalue weighted by atomic mass is 16.4. The summed E-state index contributed by atoms with van der Waals surface area (Å²) in [6.45, 7) is 5.58. The molecule has 1 heterocycles. The third-order valence-corrected chi connectivity index (χ3v) is 3.11. The first kappa shape index (κ1) is 12.4. The first-order valence-corrected chi connectivity index (χ1v) is 5.94. The van der Waals surface area contributed by atoms with Gasteiger partial charge < -0.3 is 5.11 Å². The molecule has 0 fully saturated rings. The quantitative estimate of drug-likeness (QED) is 0.903. The fourth-order valence-corrected chi connectivity index (χ4v) is 2.20. The zero-order chi connectivity index (χ0) is 13.3. The number of para-hydroxylation sites is 1. The fourth-order valence-electron chi connectivity index (χ4n) is 2.20. The van der Waals surface area contributed by atoms with Crippen LogP contribution in [0.4, 0.5) is 0 Å². The van der Waals surface area contributed by atoms with Crippen molar-refractivity contribution in [2.24, 2.45) is 0 Å². The standard InChI is InChI=1S/C14H16N2O2/c1-4-11-7-5-6-8-12(11)16-10(3)13(14(17)18)9(2)15-16/h5-8H,4H2,1-3H3,(H,17,18). The summed E-state index contributed by atoms with van der Waals surface area (Å²) in [5.74, 6) is -0.926. The number of carbonyl (C=O) groups is 1. The van der Waals surface area contributed by atoms with Gasteiger partial charge in [-0.25, -0.2) is 9.48 Å². The van der Waals surface area contributed by atoms with Gasteiger partial charge in [0.25, 0.3) is 0 Å². The Kier molecular flexibility index (Phi) is 3.19. The van der Waals surface area contributed by atoms with Gasteiger partial charge in [0, 0.05) is 0 Å². The lowest BCUT2D eigenvalue weighted by atomic mass is 10.1. The predicted molar refractivity (Wildman–Crippen MR) is 69.4 cm³/mol. The molecular formula is C14H16N2O2. The van der Waals surface area contributed by atoms with E-state index in [-0.39, 0.29) is 0 Å². The number of carboxylic acids is 1. The molecule has 18 heavy (non-hydrogen) atoms. The van der Waals surface area contributed by atoms with Crippen molar-refractivity contribution in [2.75, 3.05) is 0 Å². The van der Waals surface area contributed by atoms with Crippen LogP contribution >= 0.6 is 0 Å². The fraction of sp³-hybridized carbons (Fsp3) is 0.286. The molecule has 0 unspecified atom stereocenters. The zero-order valence-electron chi connectivity index (χ0n) is 10.8. The second kappa shape index (κ2) is 4.64. The molecule has 4 heteroatoms. The Bertz CT molecular complexity index is 600. The highest BCUT2D eigenvalue weighted by molar-refractivity contribution is 5.90. The first-order chi connectivity index (χ1) is 8.56. The second-order valence-electron chi connectivity index (χ2n) is 4.25. The van der Waals surface area contributed by atoms with E-state index in [9.17, 15) is 9.90 Å². The number of aromatic nitrogens is 2. The zero-order valence-corrected chi connectivity index (χ0v) is 10.8. The predicted octanol–water partition coefficient (Wildman–Crippen LogP) is 2.75. The molecule has 0 radical (unpaired) electrons. The van der Waals surface area contributed by atoms with Crippen molar-refractivity contribution in [1.82, 2.24) is 9.78 Å². The monoisotopic (exact) mass is 244 g/mol. The first-order valence-electron chi connectivity index (χ1n) is 5.94. The average molecular weight is 244 g/mol. The molecular weight excluding hydrogens is 228 g/mol. The Morgan fingerprint density at radius 3 is 2.56 bits per heavy atom. The van der Waals surface area contributed by atoms with Crippen LogP contribution in [0.15, 0.2) is 24.3 Å². The molecule has 0 aliphatic carbocycles. The second-order valence-corrected chi connectivity index (χ2v) is 4.25. The molecule has 0 aliphatic rings. The largest absolute Gasteiger partial charge is 0.478 e. The lowest BCUT2D eigenvalue weighted by molar-refractivity contribution is 0.0695. The molecule has 1 aromatic carbocycles. The molecule has 2 aromatic rings. The van der Waals surface area contributed by atoms with E-state index in [1.807, 2.05) is 24.3 Å². The van der Waals surface area contributed by atoms with Crippen LogP contribution in [0.2, 0.25) is 0 Å². The van der Waals surface area contributed by atoms with Gasteiger partial charge in [0.2, 0.25) is 0 Å². The van der Waals surface area contributed by atoms with E-state index in [1.165, 1.54) is 0 Å². The molecule has 0 saturated carbocycles. The van der Waals surface area contributed by atoms with E-state index < -0.39 is 5.97 Å². The van der Waals surface area contributed by atoms with Gasteiger partial charge in [0.1, 0.15) is 5.56 Å². The number of hydrogen-bond acceptors (Lipinski definition) is 2. The van der Waals surface area contributed by atoms with E-state index in [0.29, 0.717) is 17.0 Å². The van der Waals surface area contributed by atoms with Crippen LogP contribution in [0.5, 0.6) is 0 Å². The van der Waals surface area contributed by atoms with Crippen molar-refractivity contribution in [2.45, 2.75) is 27.2 Å². The number of benzene rings is 1. The van der Waals surface area contributed by atoms with Crippen LogP contribution in [0, 0.1) is 13.8 Å². The SMILES string of the molecule is CCc1ccccc1-n1nc(C)c(C(=O)O)c1C. The maximum absolute atomic E-state index is 11.2. The Balaban J connectivity index is 2.65. The van der Waals surface area contributed by atoms with Gasteiger partial charge in [-0.1, -0.05) is 25.1 Å². The molecule has 1 aromatic heterocycles. The normalized spacial score (nSPS) is 10.6. The van der Waals surface area contributed by atoms with Crippen molar-refractivity contribution in [3.05, 3.63) is 46.8 Å². The Hall–Kier alpha value is -2.10. The lowest BCUT2D eigenvalue weighted by Crippen LogP contribution is -2.04. The van der Waals surface area contributed by atoms with Gasteiger partial charge in [-0.2, -0.15) is 5.10 Å². The summed E-state index contributed by atoms with van der Waals surface area (Å²) < 4.78 is 1.72. The maximum atomic E-state index is 11.2. The van der Waals surface area contributed by atoms with E-state index in [1.54, 1.807) is 18.5 Å². The third-order valence-electron chi connectivity index (χ3n) is 3.11. The number of aromatic carboxylic acids is 1. The Morgan fingerprint density at radius 1 is 1.33 bits per heavy atom. The van der Waals surface area contributed by atoms with Gasteiger partial charge in [0.05, 0.1) is 17.1 Å². The molecule has 0 aliphatic heterocycles. The van der Waals surface area contributed by atoms with Crippen molar-refractivity contribution < 1.29 is 9.90 Å². The highest BCUT2D eigenvalue weighted by Crippen LogP contribution is 2.21. The summed E-state index contributed by atoms with van der Waals surface area (Å²) in [6, 6.07) is 7.91. The molecule has 1 N–H and O–H groups in total. The van der Waals surface area contributed by atoms with Crippen LogP contribution in [0.25, 0.3) is 5.69 Å². The van der Waals surface area contributed by atoms with Crippen molar-refractivity contribution in [3.8, 4) is 5.69 Å².